The van der Waals surface area contributed by atoms with Crippen molar-refractivity contribution in [1.29, 1.82) is 0 Å². The quantitative estimate of drug-likeness (QED) is 0.363. The molecule has 0 radical (unpaired) electrons. The molecule has 30 heavy (non-hydrogen) atoms. The minimum absolute atomic E-state index is 0.0839. The maximum absolute atomic E-state index is 12.9. The van der Waals surface area contributed by atoms with E-state index < -0.39 is 0 Å². The minimum atomic E-state index is -0.210. The molecule has 0 atom stereocenters. The van der Waals surface area contributed by atoms with Crippen molar-refractivity contribution in [3.8, 4) is 16.3 Å². The van der Waals surface area contributed by atoms with Gasteiger partial charge >= 0.3 is 0 Å². The molecule has 4 nitrogen and oxygen atoms in total. The van der Waals surface area contributed by atoms with Gasteiger partial charge in [0.1, 0.15) is 10.8 Å². The SMILES string of the molecule is Cc1ccc(C(=O)Nc2ccc(-c3nc4ccccc4s3)c(O)c2)c2ccccc12. The van der Waals surface area contributed by atoms with Crippen LogP contribution in [0.1, 0.15) is 15.9 Å². The van der Waals surface area contributed by atoms with Crippen molar-refractivity contribution in [2.75, 3.05) is 5.32 Å². The Morgan fingerprint density at radius 2 is 1.70 bits per heavy atom. The van der Waals surface area contributed by atoms with Crippen LogP contribution in [-0.4, -0.2) is 16.0 Å². The summed E-state index contributed by atoms with van der Waals surface area (Å²) in [7, 11) is 0. The summed E-state index contributed by atoms with van der Waals surface area (Å²) in [6.07, 6.45) is 0. The van der Waals surface area contributed by atoms with Gasteiger partial charge in [-0.3, -0.25) is 4.79 Å². The number of thiazole rings is 1. The molecule has 5 heteroatoms. The van der Waals surface area contributed by atoms with E-state index in [-0.39, 0.29) is 11.7 Å². The number of rotatable bonds is 3. The van der Waals surface area contributed by atoms with Crippen molar-refractivity contribution in [3.63, 3.8) is 0 Å². The molecule has 146 valence electrons. The first kappa shape index (κ1) is 18.3. The summed E-state index contributed by atoms with van der Waals surface area (Å²) in [5, 5.41) is 16.2. The molecule has 0 saturated carbocycles. The van der Waals surface area contributed by atoms with Crippen LogP contribution in [0.25, 0.3) is 31.6 Å². The van der Waals surface area contributed by atoms with Gasteiger partial charge < -0.3 is 10.4 Å². The van der Waals surface area contributed by atoms with Crippen molar-refractivity contribution in [2.45, 2.75) is 6.92 Å². The Morgan fingerprint density at radius 3 is 2.50 bits per heavy atom. The van der Waals surface area contributed by atoms with Crippen LogP contribution in [0.5, 0.6) is 5.75 Å². The molecule has 0 saturated heterocycles. The molecule has 1 amide bonds. The number of phenols is 1. The van der Waals surface area contributed by atoms with Crippen LogP contribution < -0.4 is 5.32 Å². The Bertz CT molecular complexity index is 1390. The van der Waals surface area contributed by atoms with Gasteiger partial charge in [-0.25, -0.2) is 4.98 Å². The average Bonchev–Trinajstić information content (AvgIpc) is 3.18. The Morgan fingerprint density at radius 1 is 0.933 bits per heavy atom. The number of aromatic hydroxyl groups is 1. The van der Waals surface area contributed by atoms with Crippen molar-refractivity contribution in [2.24, 2.45) is 0 Å². The molecule has 5 aromatic rings. The smallest absolute Gasteiger partial charge is 0.256 e. The number of para-hydroxylation sites is 1. The Hall–Kier alpha value is -3.70. The Labute approximate surface area is 177 Å². The van der Waals surface area contributed by atoms with E-state index in [9.17, 15) is 9.90 Å². The summed E-state index contributed by atoms with van der Waals surface area (Å²) < 4.78 is 1.07. The summed E-state index contributed by atoms with van der Waals surface area (Å²) in [6, 6.07) is 24.7. The zero-order valence-corrected chi connectivity index (χ0v) is 17.0. The summed E-state index contributed by atoms with van der Waals surface area (Å²) in [4.78, 5) is 17.5. The van der Waals surface area contributed by atoms with Gasteiger partial charge in [0.2, 0.25) is 0 Å². The minimum Gasteiger partial charge on any atom is -0.507 e. The molecule has 0 aliphatic carbocycles. The molecule has 2 N–H and O–H groups in total. The van der Waals surface area contributed by atoms with E-state index in [2.05, 4.69) is 10.3 Å². The second kappa shape index (κ2) is 7.28. The predicted octanol–water partition coefficient (Wildman–Crippen LogP) is 6.38. The third-order valence-corrected chi connectivity index (χ3v) is 6.24. The van der Waals surface area contributed by atoms with E-state index in [0.29, 0.717) is 16.8 Å². The highest BCUT2D eigenvalue weighted by molar-refractivity contribution is 7.21. The largest absolute Gasteiger partial charge is 0.507 e. The van der Waals surface area contributed by atoms with Crippen LogP contribution in [0.2, 0.25) is 0 Å². The van der Waals surface area contributed by atoms with E-state index >= 15 is 0 Å². The van der Waals surface area contributed by atoms with Crippen molar-refractivity contribution in [1.82, 2.24) is 4.98 Å². The first-order valence-corrected chi connectivity index (χ1v) is 10.4. The van der Waals surface area contributed by atoms with E-state index in [4.69, 9.17) is 0 Å². The second-order valence-electron chi connectivity index (χ2n) is 7.15. The lowest BCUT2D eigenvalue weighted by Gasteiger charge is -2.11. The lowest BCUT2D eigenvalue weighted by molar-refractivity contribution is 0.102. The highest BCUT2D eigenvalue weighted by Gasteiger charge is 2.14. The summed E-state index contributed by atoms with van der Waals surface area (Å²) in [6.45, 7) is 2.03. The van der Waals surface area contributed by atoms with Crippen LogP contribution in [0, 0.1) is 6.92 Å². The maximum Gasteiger partial charge on any atom is 0.256 e. The summed E-state index contributed by atoms with van der Waals surface area (Å²) in [5.41, 5.74) is 3.81. The number of carbonyl (C=O) groups is 1. The Kier molecular flexibility index (Phi) is 4.45. The highest BCUT2D eigenvalue weighted by Crippen LogP contribution is 2.36. The van der Waals surface area contributed by atoms with Gasteiger partial charge in [0, 0.05) is 17.3 Å². The average molecular weight is 410 g/mol. The number of benzene rings is 4. The van der Waals surface area contributed by atoms with Crippen molar-refractivity contribution >= 4 is 43.9 Å². The van der Waals surface area contributed by atoms with Gasteiger partial charge in [0.15, 0.2) is 0 Å². The number of anilines is 1. The number of fused-ring (bicyclic) bond motifs is 2. The lowest BCUT2D eigenvalue weighted by Crippen LogP contribution is -2.12. The number of nitrogens with one attached hydrogen (secondary N) is 1. The molecule has 0 aliphatic heterocycles. The third kappa shape index (κ3) is 3.19. The molecular formula is C25H18N2O2S. The molecule has 0 spiro atoms. The normalized spacial score (nSPS) is 11.1. The van der Waals surface area contributed by atoms with Crippen LogP contribution in [0.3, 0.4) is 0 Å². The number of hydrogen-bond donors (Lipinski definition) is 2. The van der Waals surface area contributed by atoms with Crippen LogP contribution >= 0.6 is 11.3 Å². The monoisotopic (exact) mass is 410 g/mol. The van der Waals surface area contributed by atoms with E-state index in [0.717, 1.165) is 31.6 Å². The first-order valence-electron chi connectivity index (χ1n) is 9.59. The van der Waals surface area contributed by atoms with Gasteiger partial charge in [0.05, 0.1) is 15.8 Å². The number of amides is 1. The predicted molar refractivity (Wildman–Crippen MR) is 123 cm³/mol. The summed E-state index contributed by atoms with van der Waals surface area (Å²) >= 11 is 1.53. The Balaban J connectivity index is 1.45. The molecule has 4 aromatic carbocycles. The van der Waals surface area contributed by atoms with Crippen molar-refractivity contribution < 1.29 is 9.90 Å². The zero-order valence-electron chi connectivity index (χ0n) is 16.2. The molecule has 5 rings (SSSR count). The van der Waals surface area contributed by atoms with E-state index in [1.807, 2.05) is 67.6 Å². The van der Waals surface area contributed by atoms with E-state index in [1.165, 1.54) is 11.3 Å². The van der Waals surface area contributed by atoms with Gasteiger partial charge in [-0.15, -0.1) is 11.3 Å². The van der Waals surface area contributed by atoms with Gasteiger partial charge in [-0.1, -0.05) is 42.5 Å². The maximum atomic E-state index is 12.9. The molecule has 1 aromatic heterocycles. The van der Waals surface area contributed by atoms with Crippen molar-refractivity contribution in [3.05, 3.63) is 90.0 Å². The molecule has 0 unspecified atom stereocenters. The third-order valence-electron chi connectivity index (χ3n) is 5.17. The number of hydrogen-bond acceptors (Lipinski definition) is 4. The zero-order chi connectivity index (χ0) is 20.7. The van der Waals surface area contributed by atoms with Crippen LogP contribution in [-0.2, 0) is 0 Å². The first-order chi connectivity index (χ1) is 14.6. The van der Waals surface area contributed by atoms with Crippen LogP contribution in [0.15, 0.2) is 78.9 Å². The van der Waals surface area contributed by atoms with Gasteiger partial charge in [0.25, 0.3) is 5.91 Å². The fourth-order valence-corrected chi connectivity index (χ4v) is 4.62. The van der Waals surface area contributed by atoms with Gasteiger partial charge in [-0.2, -0.15) is 0 Å². The molecular weight excluding hydrogens is 392 g/mol. The van der Waals surface area contributed by atoms with Crippen LogP contribution in [0.4, 0.5) is 5.69 Å². The number of nitrogens with zero attached hydrogens (tertiary/aromatic N) is 1. The molecule has 1 heterocycles. The summed E-state index contributed by atoms with van der Waals surface area (Å²) in [5.74, 6) is -0.126. The molecule has 0 bridgehead atoms. The molecule has 0 fully saturated rings. The number of aryl methyl sites for hydroxylation is 1. The number of carbonyl (C=O) groups excluding carboxylic acids is 1. The fourth-order valence-electron chi connectivity index (χ4n) is 3.62. The number of phenolic OH excluding ortho intramolecular Hbond substituents is 1. The van der Waals surface area contributed by atoms with E-state index in [1.54, 1.807) is 18.2 Å². The topological polar surface area (TPSA) is 62.2 Å². The molecule has 0 aliphatic rings. The lowest BCUT2D eigenvalue weighted by atomic mass is 10.00. The van der Waals surface area contributed by atoms with Gasteiger partial charge in [-0.05, 0) is 53.6 Å². The highest BCUT2D eigenvalue weighted by atomic mass is 32.1. The standard InChI is InChI=1S/C25H18N2O2S/c1-15-10-12-19(18-7-3-2-6-17(15)18)24(29)26-16-11-13-20(22(28)14-16)25-27-21-8-4-5-9-23(21)30-25/h2-14,28H,1H3,(H,26,29). The number of aromatic nitrogens is 1. The fraction of sp³-hybridized carbons (Fsp3) is 0.0400. The second-order valence-corrected chi connectivity index (χ2v) is 8.18.